The number of hydrogen-bond donors (Lipinski definition) is 1. The first kappa shape index (κ1) is 15.4. The van der Waals surface area contributed by atoms with Crippen LogP contribution in [0.2, 0.25) is 0 Å². The summed E-state index contributed by atoms with van der Waals surface area (Å²) in [6.45, 7) is 1.14. The Balaban J connectivity index is 2.31. The molecule has 1 aromatic carbocycles. The van der Waals surface area contributed by atoms with E-state index in [2.05, 4.69) is 5.32 Å². The van der Waals surface area contributed by atoms with E-state index < -0.39 is 33.1 Å². The minimum absolute atomic E-state index is 0.0465. The number of carbonyl (C=O) groups excluding carboxylic acids is 2. The topological polar surface area (TPSA) is 83.6 Å². The largest absolute Gasteiger partial charge is 0.325 e. The van der Waals surface area contributed by atoms with Gasteiger partial charge in [0.25, 0.3) is 5.91 Å². The highest BCUT2D eigenvalue weighted by atomic mass is 32.2. The van der Waals surface area contributed by atoms with Crippen LogP contribution in [0.5, 0.6) is 0 Å². The molecule has 0 spiro atoms. The number of nitrogens with one attached hydrogen (secondary N) is 1. The van der Waals surface area contributed by atoms with Crippen LogP contribution in [0, 0.1) is 5.82 Å². The molecule has 0 aliphatic carbocycles. The summed E-state index contributed by atoms with van der Waals surface area (Å²) in [5, 5.41) is 2.43. The Kier molecular flexibility index (Phi) is 3.75. The molecule has 1 fully saturated rings. The lowest BCUT2D eigenvalue weighted by Gasteiger charge is -2.22. The number of urea groups is 1. The molecule has 1 aliphatic rings. The Morgan fingerprint density at radius 1 is 1.29 bits per heavy atom. The smallest absolute Gasteiger partial charge is 0.319 e. The van der Waals surface area contributed by atoms with Gasteiger partial charge in [-0.25, -0.2) is 17.6 Å². The number of carbonyl (C=O) groups is 2. The maximum Gasteiger partial charge on any atom is 0.325 e. The van der Waals surface area contributed by atoms with Crippen LogP contribution >= 0.6 is 0 Å². The van der Waals surface area contributed by atoms with Gasteiger partial charge in [0.2, 0.25) is 0 Å². The number of halogens is 1. The number of benzene rings is 1. The Morgan fingerprint density at radius 3 is 2.48 bits per heavy atom. The van der Waals surface area contributed by atoms with Crippen molar-refractivity contribution in [2.24, 2.45) is 0 Å². The molecule has 1 heterocycles. The van der Waals surface area contributed by atoms with Gasteiger partial charge in [0, 0.05) is 18.4 Å². The van der Waals surface area contributed by atoms with Crippen molar-refractivity contribution in [1.82, 2.24) is 10.2 Å². The van der Waals surface area contributed by atoms with Crippen LogP contribution in [0.4, 0.5) is 9.18 Å². The second-order valence-electron chi connectivity index (χ2n) is 5.12. The number of hydrogen-bond acceptors (Lipinski definition) is 4. The van der Waals surface area contributed by atoms with E-state index >= 15 is 0 Å². The molecule has 1 aliphatic heterocycles. The van der Waals surface area contributed by atoms with Gasteiger partial charge >= 0.3 is 6.03 Å². The summed E-state index contributed by atoms with van der Waals surface area (Å²) in [4.78, 5) is 25.1. The van der Waals surface area contributed by atoms with Gasteiger partial charge in [-0.1, -0.05) is 18.2 Å². The van der Waals surface area contributed by atoms with E-state index in [1.807, 2.05) is 0 Å². The summed E-state index contributed by atoms with van der Waals surface area (Å²) in [6, 6.07) is 4.91. The average molecular weight is 314 g/mol. The minimum atomic E-state index is -3.32. The van der Waals surface area contributed by atoms with Crippen LogP contribution in [0.25, 0.3) is 0 Å². The molecule has 1 atom stereocenters. The summed E-state index contributed by atoms with van der Waals surface area (Å²) < 4.78 is 36.2. The maximum atomic E-state index is 13.9. The molecule has 0 saturated carbocycles. The first-order valence-corrected chi connectivity index (χ1v) is 8.28. The van der Waals surface area contributed by atoms with E-state index in [1.54, 1.807) is 6.07 Å². The highest BCUT2D eigenvalue weighted by molar-refractivity contribution is 7.90. The zero-order chi connectivity index (χ0) is 15.8. The fourth-order valence-corrected chi connectivity index (χ4v) is 2.72. The number of sulfone groups is 1. The minimum Gasteiger partial charge on any atom is -0.319 e. The second kappa shape index (κ2) is 5.10. The van der Waals surface area contributed by atoms with E-state index in [0.717, 1.165) is 11.2 Å². The number of amides is 3. The fourth-order valence-electron chi connectivity index (χ4n) is 2.21. The Hall–Kier alpha value is -1.96. The van der Waals surface area contributed by atoms with E-state index in [1.165, 1.54) is 25.1 Å². The molecule has 0 radical (unpaired) electrons. The fraction of sp³-hybridized carbons (Fsp3) is 0.385. The maximum absolute atomic E-state index is 13.9. The summed E-state index contributed by atoms with van der Waals surface area (Å²) in [6.07, 6.45) is 1.02. The van der Waals surface area contributed by atoms with Crippen molar-refractivity contribution >= 4 is 21.8 Å². The molecular weight excluding hydrogens is 299 g/mol. The zero-order valence-electron chi connectivity index (χ0n) is 11.6. The van der Waals surface area contributed by atoms with Crippen LogP contribution in [0.1, 0.15) is 12.5 Å². The third kappa shape index (κ3) is 2.90. The molecule has 1 aromatic rings. The molecule has 8 heteroatoms. The predicted octanol–water partition coefficient (Wildman–Crippen LogP) is 0.637. The number of rotatable bonds is 4. The normalized spacial score (nSPS) is 22.5. The number of nitrogens with zero attached hydrogens (tertiary/aromatic N) is 1. The van der Waals surface area contributed by atoms with Crippen LogP contribution < -0.4 is 5.32 Å². The molecule has 0 aromatic heterocycles. The van der Waals surface area contributed by atoms with Crippen molar-refractivity contribution in [3.63, 3.8) is 0 Å². The van der Waals surface area contributed by atoms with Crippen molar-refractivity contribution in [2.45, 2.75) is 12.5 Å². The van der Waals surface area contributed by atoms with Crippen molar-refractivity contribution in [3.8, 4) is 0 Å². The lowest BCUT2D eigenvalue weighted by Crippen LogP contribution is -2.42. The van der Waals surface area contributed by atoms with E-state index in [4.69, 9.17) is 0 Å². The molecule has 0 bridgehead atoms. The first-order valence-electron chi connectivity index (χ1n) is 6.22. The quantitative estimate of drug-likeness (QED) is 0.827. The van der Waals surface area contributed by atoms with Gasteiger partial charge in [-0.3, -0.25) is 9.69 Å². The molecule has 1 N–H and O–H groups in total. The summed E-state index contributed by atoms with van der Waals surface area (Å²) in [5.74, 6) is -1.61. The second-order valence-corrected chi connectivity index (χ2v) is 7.38. The molecule has 2 rings (SSSR count). The molecule has 1 saturated heterocycles. The zero-order valence-corrected chi connectivity index (χ0v) is 12.4. The molecule has 1 unspecified atom stereocenters. The third-order valence-corrected chi connectivity index (χ3v) is 4.30. The van der Waals surface area contributed by atoms with Crippen LogP contribution in [0.3, 0.4) is 0 Å². The van der Waals surface area contributed by atoms with Gasteiger partial charge < -0.3 is 5.32 Å². The standard InChI is InChI=1S/C13H15FN2O4S/c1-13(9-5-3-4-6-10(9)14)11(17)16(12(18)15-13)7-8-21(2,19)20/h3-6H,7-8H2,1-2H3,(H,15,18). The highest BCUT2D eigenvalue weighted by Crippen LogP contribution is 2.30. The van der Waals surface area contributed by atoms with E-state index in [-0.39, 0.29) is 17.9 Å². The summed E-state index contributed by atoms with van der Waals surface area (Å²) >= 11 is 0. The molecular formula is C13H15FN2O4S. The van der Waals surface area contributed by atoms with Crippen molar-refractivity contribution < 1.29 is 22.4 Å². The van der Waals surface area contributed by atoms with Crippen molar-refractivity contribution in [2.75, 3.05) is 18.6 Å². The molecule has 6 nitrogen and oxygen atoms in total. The van der Waals surface area contributed by atoms with Gasteiger partial charge in [0.15, 0.2) is 0 Å². The first-order chi connectivity index (χ1) is 9.65. The monoisotopic (exact) mass is 314 g/mol. The van der Waals surface area contributed by atoms with Gasteiger partial charge in [-0.15, -0.1) is 0 Å². The highest BCUT2D eigenvalue weighted by Gasteiger charge is 2.50. The van der Waals surface area contributed by atoms with Gasteiger partial charge in [-0.2, -0.15) is 0 Å². The predicted molar refractivity (Wildman–Crippen MR) is 73.7 cm³/mol. The Bertz CT molecular complexity index is 704. The number of imide groups is 1. The van der Waals surface area contributed by atoms with Crippen molar-refractivity contribution in [1.29, 1.82) is 0 Å². The van der Waals surface area contributed by atoms with E-state index in [0.29, 0.717) is 0 Å². The Morgan fingerprint density at radius 2 is 1.90 bits per heavy atom. The average Bonchev–Trinajstić information content (AvgIpc) is 2.58. The van der Waals surface area contributed by atoms with Crippen LogP contribution in [0.15, 0.2) is 24.3 Å². The lowest BCUT2D eigenvalue weighted by atomic mass is 9.91. The lowest BCUT2D eigenvalue weighted by molar-refractivity contribution is -0.130. The summed E-state index contributed by atoms with van der Waals surface area (Å²) in [7, 11) is -3.32. The van der Waals surface area contributed by atoms with Gasteiger partial charge in [0.1, 0.15) is 21.2 Å². The van der Waals surface area contributed by atoms with Gasteiger partial charge in [0.05, 0.1) is 5.75 Å². The molecule has 21 heavy (non-hydrogen) atoms. The molecule has 114 valence electrons. The van der Waals surface area contributed by atoms with Crippen LogP contribution in [-0.4, -0.2) is 43.8 Å². The van der Waals surface area contributed by atoms with Crippen molar-refractivity contribution in [3.05, 3.63) is 35.6 Å². The van der Waals surface area contributed by atoms with Crippen LogP contribution in [-0.2, 0) is 20.2 Å². The SMILES string of the molecule is CC1(c2ccccc2F)NC(=O)N(CCS(C)(=O)=O)C1=O. The van der Waals surface area contributed by atoms with Gasteiger partial charge in [-0.05, 0) is 13.0 Å². The molecule has 3 amide bonds. The van der Waals surface area contributed by atoms with E-state index in [9.17, 15) is 22.4 Å². The third-order valence-electron chi connectivity index (χ3n) is 3.37. The Labute approximate surface area is 121 Å². The summed E-state index contributed by atoms with van der Waals surface area (Å²) in [5.41, 5.74) is -1.48.